The molecule has 1 unspecified atom stereocenters. The average molecular weight is 377 g/mol. The topological polar surface area (TPSA) is 116 Å². The van der Waals surface area contributed by atoms with Crippen molar-refractivity contribution >= 4 is 40.5 Å². The summed E-state index contributed by atoms with van der Waals surface area (Å²) in [6.07, 6.45) is -0.490. The highest BCUT2D eigenvalue weighted by molar-refractivity contribution is 8.14. The summed E-state index contributed by atoms with van der Waals surface area (Å²) >= 11 is 0.697. The number of ether oxygens (including phenoxy) is 2. The minimum atomic E-state index is -1.08. The molecule has 0 heterocycles. The van der Waals surface area contributed by atoms with Crippen molar-refractivity contribution in [1.82, 2.24) is 5.32 Å². The Hall–Kier alpha value is -1.90. The number of hydrogen-bond acceptors (Lipinski definition) is 8. The Morgan fingerprint density at radius 3 is 2.08 bits per heavy atom. The van der Waals surface area contributed by atoms with Crippen LogP contribution in [0.2, 0.25) is 0 Å². The van der Waals surface area contributed by atoms with E-state index < -0.39 is 40.0 Å². The molecule has 8 nitrogen and oxygen atoms in total. The Labute approximate surface area is 152 Å². The van der Waals surface area contributed by atoms with Crippen LogP contribution in [0.25, 0.3) is 0 Å². The second-order valence-electron chi connectivity index (χ2n) is 5.50. The van der Waals surface area contributed by atoms with Crippen LogP contribution < -0.4 is 5.32 Å². The number of carbonyl (C=O) groups is 5. The fourth-order valence-electron chi connectivity index (χ4n) is 1.81. The van der Waals surface area contributed by atoms with Crippen molar-refractivity contribution in [2.75, 3.05) is 13.2 Å². The number of thioether (sulfide) groups is 1. The van der Waals surface area contributed by atoms with Crippen LogP contribution in [-0.2, 0) is 33.4 Å². The molecule has 144 valence electrons. The van der Waals surface area contributed by atoms with E-state index in [1.807, 2.05) is 0 Å². The monoisotopic (exact) mass is 377 g/mol. The molecule has 0 aliphatic heterocycles. The summed E-state index contributed by atoms with van der Waals surface area (Å²) < 4.78 is 8.41. The zero-order valence-electron chi connectivity index (χ0n) is 15.2. The highest BCUT2D eigenvalue weighted by Gasteiger charge is 2.40. The van der Waals surface area contributed by atoms with Crippen LogP contribution in [0.15, 0.2) is 0 Å². The second-order valence-corrected chi connectivity index (χ2v) is 7.22. The molecule has 9 heteroatoms. The van der Waals surface area contributed by atoms with Gasteiger partial charge in [-0.25, -0.2) is 9.59 Å². The van der Waals surface area contributed by atoms with Crippen LogP contribution in [0.3, 0.4) is 0 Å². The van der Waals surface area contributed by atoms with Gasteiger partial charge in [0.15, 0.2) is 5.12 Å². The van der Waals surface area contributed by atoms with Gasteiger partial charge < -0.3 is 14.8 Å². The minimum Gasteiger partial charge on any atom is -0.464 e. The molecule has 0 bridgehead atoms. The molecule has 0 aliphatic rings. The Bertz CT molecular complexity index is 537. The van der Waals surface area contributed by atoms with E-state index in [2.05, 4.69) is 10.1 Å². The normalized spacial score (nSPS) is 12.0. The van der Waals surface area contributed by atoms with E-state index in [1.165, 1.54) is 0 Å². The van der Waals surface area contributed by atoms with Crippen LogP contribution in [0, 0.1) is 0 Å². The smallest absolute Gasteiger partial charge is 0.375 e. The molecule has 1 atom stereocenters. The van der Waals surface area contributed by atoms with Crippen LogP contribution >= 0.6 is 11.8 Å². The van der Waals surface area contributed by atoms with Crippen LogP contribution in [0.4, 0.5) is 0 Å². The van der Waals surface area contributed by atoms with Gasteiger partial charge in [-0.1, -0.05) is 18.7 Å². The van der Waals surface area contributed by atoms with Crippen LogP contribution in [0.5, 0.6) is 0 Å². The summed E-state index contributed by atoms with van der Waals surface area (Å²) in [6, 6.07) is -1.08. The first kappa shape index (κ1) is 23.1. The summed E-state index contributed by atoms with van der Waals surface area (Å²) in [4.78, 5) is 58.8. The molecule has 0 aromatic heterocycles. The van der Waals surface area contributed by atoms with Gasteiger partial charge >= 0.3 is 11.9 Å². The molecule has 0 rings (SSSR count). The quantitative estimate of drug-likeness (QED) is 0.343. The Balaban J connectivity index is 0. The van der Waals surface area contributed by atoms with Crippen molar-refractivity contribution in [3.63, 3.8) is 0 Å². The van der Waals surface area contributed by atoms with Crippen molar-refractivity contribution in [3.05, 3.63) is 0 Å². The van der Waals surface area contributed by atoms with Crippen molar-refractivity contribution in [2.45, 2.75) is 58.2 Å². The zero-order chi connectivity index (χ0) is 19.6. The molecule has 0 spiro atoms. The highest BCUT2D eigenvalue weighted by atomic mass is 32.2. The van der Waals surface area contributed by atoms with E-state index >= 15 is 0 Å². The second kappa shape index (κ2) is 10.9. The first-order valence-corrected chi connectivity index (χ1v) is 8.78. The van der Waals surface area contributed by atoms with E-state index in [-0.39, 0.29) is 27.0 Å². The lowest BCUT2D eigenvalue weighted by molar-refractivity contribution is -0.154. The molecule has 25 heavy (non-hydrogen) atoms. The van der Waals surface area contributed by atoms with Gasteiger partial charge in [0.1, 0.15) is 6.04 Å². The summed E-state index contributed by atoms with van der Waals surface area (Å²) in [5, 5.41) is 1.92. The van der Waals surface area contributed by atoms with E-state index in [0.717, 1.165) is 0 Å². The number of carbonyl (C=O) groups excluding carboxylic acids is 5. The fourth-order valence-corrected chi connectivity index (χ4v) is 2.87. The first-order chi connectivity index (χ1) is 11.6. The number of nitrogens with one attached hydrogen (secondary N) is 1. The fraction of sp³-hybridized carbons (Fsp3) is 0.688. The molecule has 0 saturated carbocycles. The van der Waals surface area contributed by atoms with Crippen molar-refractivity contribution in [1.29, 1.82) is 0 Å². The Morgan fingerprint density at radius 1 is 1.04 bits per heavy atom. The van der Waals surface area contributed by atoms with Gasteiger partial charge in [0.25, 0.3) is 0 Å². The first-order valence-electron chi connectivity index (χ1n) is 7.96. The highest BCUT2D eigenvalue weighted by Crippen LogP contribution is 2.31. The summed E-state index contributed by atoms with van der Waals surface area (Å²) in [5.74, 6) is -3.08. The molecular weight excluding hydrogens is 350 g/mol. The average Bonchev–Trinajstić information content (AvgIpc) is 2.51. The molecule has 0 fully saturated rings. The number of amides is 1. The maximum atomic E-state index is 12.1. The van der Waals surface area contributed by atoms with Gasteiger partial charge in [0.05, 0.1) is 19.6 Å². The SMILES string of the molecule is CCOC(=O)C(=O)CC(=O)SC(C)(C)C(NC(=O)CC)C(=O)OCC.[HH]. The van der Waals surface area contributed by atoms with Crippen LogP contribution in [-0.4, -0.2) is 52.7 Å². The Morgan fingerprint density at radius 2 is 1.60 bits per heavy atom. The number of hydrogen-bond donors (Lipinski definition) is 1. The zero-order valence-corrected chi connectivity index (χ0v) is 16.0. The summed E-state index contributed by atoms with van der Waals surface area (Å²) in [6.45, 7) is 8.09. The van der Waals surface area contributed by atoms with Crippen molar-refractivity contribution in [2.24, 2.45) is 0 Å². The standard InChI is InChI=1S/C16H25NO7S.H2/c1-6-11(19)17-13(15(22)24-8-3)16(4,5)25-12(20)9-10(18)14(21)23-7-2;/h13H,6-9H2,1-5H3,(H,17,19);1H. The minimum absolute atomic E-state index is 0. The third kappa shape index (κ3) is 8.15. The molecule has 0 radical (unpaired) electrons. The number of Topliss-reactive ketones (excluding diaryl/α,β-unsaturated/α-hetero) is 1. The van der Waals surface area contributed by atoms with E-state index in [4.69, 9.17) is 4.74 Å². The predicted molar refractivity (Wildman–Crippen MR) is 93.9 cm³/mol. The van der Waals surface area contributed by atoms with Gasteiger partial charge in [0, 0.05) is 12.6 Å². The number of rotatable bonds is 10. The molecule has 0 aromatic carbocycles. The van der Waals surface area contributed by atoms with Gasteiger partial charge in [-0.05, 0) is 27.7 Å². The third-order valence-electron chi connectivity index (χ3n) is 3.03. The molecule has 1 N–H and O–H groups in total. The van der Waals surface area contributed by atoms with Crippen LogP contribution in [0.1, 0.15) is 48.9 Å². The molecular formula is C16H27NO7S. The van der Waals surface area contributed by atoms with E-state index in [0.29, 0.717) is 11.8 Å². The van der Waals surface area contributed by atoms with E-state index in [9.17, 15) is 24.0 Å². The lowest BCUT2D eigenvalue weighted by Gasteiger charge is -2.31. The third-order valence-corrected chi connectivity index (χ3v) is 4.16. The summed E-state index contributed by atoms with van der Waals surface area (Å²) in [5.41, 5.74) is 0. The number of esters is 2. The summed E-state index contributed by atoms with van der Waals surface area (Å²) in [7, 11) is 0. The van der Waals surface area contributed by atoms with Gasteiger partial charge in [-0.3, -0.25) is 14.4 Å². The molecule has 0 aromatic rings. The molecule has 0 aliphatic carbocycles. The lowest BCUT2D eigenvalue weighted by Crippen LogP contribution is -2.53. The predicted octanol–water partition coefficient (Wildman–Crippen LogP) is 1.25. The van der Waals surface area contributed by atoms with Gasteiger partial charge in [-0.15, -0.1) is 0 Å². The van der Waals surface area contributed by atoms with Crippen molar-refractivity contribution < 1.29 is 34.9 Å². The molecule has 1 amide bonds. The van der Waals surface area contributed by atoms with Gasteiger partial charge in [-0.2, -0.15) is 0 Å². The maximum Gasteiger partial charge on any atom is 0.375 e. The Kier molecular flexibility index (Phi) is 10.0. The number of ketones is 1. The van der Waals surface area contributed by atoms with Gasteiger partial charge in [0.2, 0.25) is 11.7 Å². The maximum absolute atomic E-state index is 12.1. The van der Waals surface area contributed by atoms with Crippen molar-refractivity contribution in [3.8, 4) is 0 Å². The largest absolute Gasteiger partial charge is 0.464 e. The lowest BCUT2D eigenvalue weighted by atomic mass is 10.0. The molecule has 0 saturated heterocycles. The van der Waals surface area contributed by atoms with E-state index in [1.54, 1.807) is 34.6 Å².